The molecular formula is C35H46Cl2F2N4O3Si. The van der Waals surface area contributed by atoms with E-state index in [-0.39, 0.29) is 47.9 Å². The monoisotopic (exact) mass is 706 g/mol. The van der Waals surface area contributed by atoms with Crippen LogP contribution in [0.1, 0.15) is 83.5 Å². The van der Waals surface area contributed by atoms with Crippen molar-refractivity contribution < 1.29 is 22.8 Å². The third kappa shape index (κ3) is 9.49. The Balaban J connectivity index is 1.77. The minimum atomic E-state index is -2.32. The van der Waals surface area contributed by atoms with Crippen molar-refractivity contribution in [2.75, 3.05) is 6.54 Å². The average molecular weight is 708 g/mol. The summed E-state index contributed by atoms with van der Waals surface area (Å²) in [6.07, 6.45) is 8.21. The number of carbonyl (C=O) groups excluding carboxylic acids is 2. The fourth-order valence-corrected chi connectivity index (χ4v) is 10.0. The molecule has 0 aliphatic heterocycles. The second-order valence-electron chi connectivity index (χ2n) is 12.9. The second kappa shape index (κ2) is 16.6. The molecule has 2 aliphatic rings. The number of nitrogens with one attached hydrogen (secondary N) is 2. The molecule has 2 fully saturated rings. The fourth-order valence-electron chi connectivity index (χ4n) is 6.64. The van der Waals surface area contributed by atoms with Crippen molar-refractivity contribution in [3.8, 4) is 0 Å². The molecule has 7 nitrogen and oxygen atoms in total. The van der Waals surface area contributed by atoms with Crippen LogP contribution in [0.2, 0.25) is 28.2 Å². The predicted molar refractivity (Wildman–Crippen MR) is 185 cm³/mol. The molecule has 4 rings (SSSR count). The summed E-state index contributed by atoms with van der Waals surface area (Å²) < 4.78 is 35.8. The van der Waals surface area contributed by atoms with E-state index >= 15 is 0 Å². The van der Waals surface area contributed by atoms with Gasteiger partial charge in [-0.05, 0) is 87.2 Å². The third-order valence-corrected chi connectivity index (χ3v) is 15.1. The van der Waals surface area contributed by atoms with Crippen LogP contribution >= 0.6 is 23.2 Å². The number of ketones is 1. The molecule has 1 aromatic carbocycles. The van der Waals surface area contributed by atoms with Crippen LogP contribution in [0, 0.1) is 28.9 Å². The first-order valence-corrected chi connectivity index (χ1v) is 19.9. The van der Waals surface area contributed by atoms with Crippen LogP contribution in [0.3, 0.4) is 0 Å². The van der Waals surface area contributed by atoms with Gasteiger partial charge in [0.1, 0.15) is 17.4 Å². The van der Waals surface area contributed by atoms with E-state index in [1.54, 1.807) is 6.92 Å². The van der Waals surface area contributed by atoms with E-state index in [9.17, 15) is 18.4 Å². The molecule has 1 aromatic heterocycles. The summed E-state index contributed by atoms with van der Waals surface area (Å²) in [5, 5.41) is 12.6. The van der Waals surface area contributed by atoms with Gasteiger partial charge in [-0.3, -0.25) is 14.6 Å². The van der Waals surface area contributed by atoms with Crippen molar-refractivity contribution in [1.82, 2.24) is 15.2 Å². The van der Waals surface area contributed by atoms with Gasteiger partial charge in [0, 0.05) is 54.4 Å². The van der Waals surface area contributed by atoms with E-state index in [1.165, 1.54) is 29.4 Å². The number of allylic oxidation sites excluding steroid dienone is 1. The first-order valence-electron chi connectivity index (χ1n) is 16.7. The molecule has 2 saturated carbocycles. The maximum atomic E-state index is 14.6. The van der Waals surface area contributed by atoms with Crippen molar-refractivity contribution in [2.45, 2.75) is 103 Å². The van der Waals surface area contributed by atoms with Gasteiger partial charge in [-0.25, -0.2) is 8.78 Å². The minimum absolute atomic E-state index is 0.0197. The lowest BCUT2D eigenvalue weighted by atomic mass is 9.83. The number of Topliss-reactive ketones (excluding diaryl/α,β-unsaturated/α-hetero) is 1. The molecule has 1 heterocycles. The minimum Gasteiger partial charge on any atom is -0.408 e. The van der Waals surface area contributed by atoms with Crippen LogP contribution in [0.4, 0.5) is 8.78 Å². The van der Waals surface area contributed by atoms with Gasteiger partial charge in [-0.1, -0.05) is 44.0 Å². The summed E-state index contributed by atoms with van der Waals surface area (Å²) in [7, 11) is -2.32. The van der Waals surface area contributed by atoms with Crippen LogP contribution in [-0.4, -0.2) is 48.7 Å². The summed E-state index contributed by atoms with van der Waals surface area (Å²) >= 11 is 13.4. The normalized spacial score (nSPS) is 19.5. The molecule has 0 saturated heterocycles. The summed E-state index contributed by atoms with van der Waals surface area (Å²) in [5.41, 5.74) is 1.68. The number of pyridine rings is 1. The van der Waals surface area contributed by atoms with Gasteiger partial charge < -0.3 is 20.1 Å². The largest absolute Gasteiger partial charge is 0.408 e. The van der Waals surface area contributed by atoms with E-state index in [1.807, 2.05) is 0 Å². The molecule has 47 heavy (non-hydrogen) atoms. The zero-order chi connectivity index (χ0) is 34.3. The SMILES string of the molecule is CC[Si](CC)(CC)OC(CN(Cc1cc(F)cc(F)c1)C(=O)/C(C=N)=C(/N[C@H]1CC[C@H](C(C)=O)CC1)C1CC1)c1c(Cl)cncc1Cl. The number of carbonyl (C=O) groups is 2. The first-order chi connectivity index (χ1) is 22.4. The lowest BCUT2D eigenvalue weighted by molar-refractivity contribution is -0.128. The second-order valence-corrected chi connectivity index (χ2v) is 18.4. The third-order valence-electron chi connectivity index (χ3n) is 9.82. The Morgan fingerprint density at radius 1 is 1.00 bits per heavy atom. The number of hydrogen-bond acceptors (Lipinski definition) is 6. The highest BCUT2D eigenvalue weighted by Gasteiger charge is 2.38. The quantitative estimate of drug-likeness (QED) is 0.103. The van der Waals surface area contributed by atoms with E-state index < -0.39 is 32.0 Å². The van der Waals surface area contributed by atoms with Crippen molar-refractivity contribution in [2.24, 2.45) is 11.8 Å². The molecule has 2 aromatic rings. The molecule has 2 N–H and O–H groups in total. The van der Waals surface area contributed by atoms with Gasteiger partial charge in [-0.2, -0.15) is 0 Å². The Hall–Kier alpha value is -2.66. The van der Waals surface area contributed by atoms with Gasteiger partial charge in [0.05, 0.1) is 28.3 Å². The Morgan fingerprint density at radius 2 is 1.55 bits per heavy atom. The maximum absolute atomic E-state index is 14.6. The van der Waals surface area contributed by atoms with Crippen LogP contribution < -0.4 is 5.32 Å². The number of benzene rings is 1. The zero-order valence-electron chi connectivity index (χ0n) is 27.7. The number of aromatic nitrogens is 1. The Bertz CT molecular complexity index is 1430. The summed E-state index contributed by atoms with van der Waals surface area (Å²) in [4.78, 5) is 32.2. The van der Waals surface area contributed by atoms with E-state index in [4.69, 9.17) is 33.0 Å². The summed E-state index contributed by atoms with van der Waals surface area (Å²) in [6.45, 7) is 7.77. The van der Waals surface area contributed by atoms with Crippen LogP contribution in [-0.2, 0) is 20.6 Å². The van der Waals surface area contributed by atoms with Gasteiger partial charge in [0.2, 0.25) is 0 Å². The number of nitrogens with zero attached hydrogens (tertiary/aromatic N) is 2. The Morgan fingerprint density at radius 3 is 2.04 bits per heavy atom. The van der Waals surface area contributed by atoms with Gasteiger partial charge in [0.15, 0.2) is 8.32 Å². The maximum Gasteiger partial charge on any atom is 0.257 e. The number of halogens is 4. The highest BCUT2D eigenvalue weighted by molar-refractivity contribution is 6.73. The van der Waals surface area contributed by atoms with Crippen molar-refractivity contribution in [3.05, 3.63) is 74.7 Å². The number of rotatable bonds is 16. The molecule has 1 unspecified atom stereocenters. The average Bonchev–Trinajstić information content (AvgIpc) is 3.88. The Labute approximate surface area is 288 Å². The predicted octanol–water partition coefficient (Wildman–Crippen LogP) is 8.81. The summed E-state index contributed by atoms with van der Waals surface area (Å²) in [5.74, 6) is -1.60. The van der Waals surface area contributed by atoms with Crippen molar-refractivity contribution in [3.63, 3.8) is 0 Å². The molecule has 12 heteroatoms. The van der Waals surface area contributed by atoms with Crippen LogP contribution in [0.5, 0.6) is 0 Å². The van der Waals surface area contributed by atoms with Gasteiger partial charge in [0.25, 0.3) is 5.91 Å². The smallest absolute Gasteiger partial charge is 0.257 e. The topological polar surface area (TPSA) is 95.4 Å². The molecule has 0 radical (unpaired) electrons. The Kier molecular flexibility index (Phi) is 13.2. The first kappa shape index (κ1) is 37.2. The molecule has 1 atom stereocenters. The number of hydrogen-bond donors (Lipinski definition) is 2. The van der Waals surface area contributed by atoms with Crippen LogP contribution in [0.25, 0.3) is 0 Å². The molecule has 1 amide bonds. The number of amides is 1. The highest BCUT2D eigenvalue weighted by atomic mass is 35.5. The fraction of sp³-hybridized carbons (Fsp3) is 0.543. The molecular weight excluding hydrogens is 661 g/mol. The lowest BCUT2D eigenvalue weighted by Crippen LogP contribution is -2.43. The van der Waals surface area contributed by atoms with E-state index in [0.29, 0.717) is 21.3 Å². The molecule has 0 spiro atoms. The molecule has 256 valence electrons. The molecule has 0 bridgehead atoms. The lowest BCUT2D eigenvalue weighted by Gasteiger charge is -2.37. The summed E-state index contributed by atoms with van der Waals surface area (Å²) in [6, 6.07) is 5.76. The van der Waals surface area contributed by atoms with Crippen molar-refractivity contribution >= 4 is 49.4 Å². The van der Waals surface area contributed by atoms with Crippen molar-refractivity contribution in [1.29, 1.82) is 5.41 Å². The van der Waals surface area contributed by atoms with E-state index in [0.717, 1.165) is 68.9 Å². The standard InChI is InChI=1S/C35H46Cl2F2N4O3Si/c1-5-47(6-2,7-3)46-32(33-30(36)18-41-19-31(33)37)21-43(20-23-14-26(38)16-27(39)15-23)35(45)29(17-40)34(25-8-9-25)42-28-12-10-24(11-13-28)22(4)44/h14-19,24-25,28,32,40,42H,5-13,20-21H2,1-4H3/b34-29+,40-17?/t24-,28-,32?. The van der Waals surface area contributed by atoms with E-state index in [2.05, 4.69) is 31.1 Å². The van der Waals surface area contributed by atoms with Crippen LogP contribution in [0.15, 0.2) is 41.9 Å². The van der Waals surface area contributed by atoms with Gasteiger partial charge in [-0.15, -0.1) is 0 Å². The molecule has 2 aliphatic carbocycles. The van der Waals surface area contributed by atoms with Gasteiger partial charge >= 0.3 is 0 Å². The highest BCUT2D eigenvalue weighted by Crippen LogP contribution is 2.40. The zero-order valence-corrected chi connectivity index (χ0v) is 30.2.